The fourth-order valence-electron chi connectivity index (χ4n) is 10.5. The summed E-state index contributed by atoms with van der Waals surface area (Å²) in [7, 11) is 0. The Balaban J connectivity index is 0.940. The first-order chi connectivity index (χ1) is 32.0. The standard InChI is InChI=1S/C61H42N2OS/c1-61(2)53-21-13-12-20-48(53)49-32-28-46(37-54(49)61)63(43-18-10-5-11-19-43)45-30-34-55-52(36-45)50-31-24-41-25-35-56-59(58(41)60(50)64-55)51-33-29-47(38-57(51)65-56)62(42-16-8-4-9-17-42)44-26-22-40(23-27-44)39-14-6-3-7-15-39/h3-38H,1-2H3. The van der Waals surface area contributed by atoms with Crippen LogP contribution >= 0.6 is 11.3 Å². The molecule has 0 fully saturated rings. The van der Waals surface area contributed by atoms with Gasteiger partial charge in [0.05, 0.1) is 0 Å². The van der Waals surface area contributed by atoms with Crippen molar-refractivity contribution in [1.29, 1.82) is 0 Å². The molecule has 0 saturated heterocycles. The van der Waals surface area contributed by atoms with Gasteiger partial charge in [-0.25, -0.2) is 0 Å². The normalized spacial score (nSPS) is 12.9. The highest BCUT2D eigenvalue weighted by Crippen LogP contribution is 2.51. The number of para-hydroxylation sites is 2. The van der Waals surface area contributed by atoms with Crippen LogP contribution in [-0.4, -0.2) is 0 Å². The van der Waals surface area contributed by atoms with Crippen LogP contribution in [0.25, 0.3) is 75.1 Å². The van der Waals surface area contributed by atoms with Gasteiger partial charge in [0.25, 0.3) is 0 Å². The highest BCUT2D eigenvalue weighted by atomic mass is 32.1. The van der Waals surface area contributed by atoms with Gasteiger partial charge in [0.2, 0.25) is 0 Å². The summed E-state index contributed by atoms with van der Waals surface area (Å²) < 4.78 is 9.44. The summed E-state index contributed by atoms with van der Waals surface area (Å²) in [5.41, 5.74) is 16.2. The summed E-state index contributed by atoms with van der Waals surface area (Å²) in [6.45, 7) is 4.70. The molecule has 0 bridgehead atoms. The minimum atomic E-state index is -0.106. The molecule has 0 atom stereocenters. The number of hydrogen-bond acceptors (Lipinski definition) is 4. The maximum absolute atomic E-state index is 6.96. The fourth-order valence-corrected chi connectivity index (χ4v) is 11.6. The molecule has 4 heteroatoms. The number of nitrogens with zero attached hydrogens (tertiary/aromatic N) is 2. The van der Waals surface area contributed by atoms with Gasteiger partial charge < -0.3 is 14.2 Å². The molecule has 13 rings (SSSR count). The fraction of sp³-hybridized carbons (Fsp3) is 0.0492. The van der Waals surface area contributed by atoms with Gasteiger partial charge in [0.15, 0.2) is 0 Å². The number of thiophene rings is 1. The Morgan fingerprint density at radius 1 is 0.385 bits per heavy atom. The van der Waals surface area contributed by atoms with Crippen molar-refractivity contribution in [3.05, 3.63) is 230 Å². The van der Waals surface area contributed by atoms with Gasteiger partial charge in [-0.1, -0.05) is 141 Å². The highest BCUT2D eigenvalue weighted by Gasteiger charge is 2.36. The molecule has 12 aromatic rings. The van der Waals surface area contributed by atoms with Gasteiger partial charge in [-0.3, -0.25) is 0 Å². The largest absolute Gasteiger partial charge is 0.455 e. The number of benzene rings is 10. The third kappa shape index (κ3) is 5.95. The number of rotatable bonds is 7. The zero-order chi connectivity index (χ0) is 43.2. The summed E-state index contributed by atoms with van der Waals surface area (Å²) in [4.78, 5) is 4.74. The average Bonchev–Trinajstić information content (AvgIpc) is 4.00. The van der Waals surface area contributed by atoms with Crippen LogP contribution in [0.4, 0.5) is 34.1 Å². The topological polar surface area (TPSA) is 19.6 Å². The number of anilines is 6. The molecule has 0 N–H and O–H groups in total. The quantitative estimate of drug-likeness (QED) is 0.159. The number of furan rings is 1. The van der Waals surface area contributed by atoms with Crippen LogP contribution in [-0.2, 0) is 5.41 Å². The second kappa shape index (κ2) is 14.6. The molecule has 2 aromatic heterocycles. The van der Waals surface area contributed by atoms with Crippen LogP contribution in [0.1, 0.15) is 25.0 Å². The lowest BCUT2D eigenvalue weighted by Gasteiger charge is -2.28. The molecule has 1 aliphatic rings. The molecule has 65 heavy (non-hydrogen) atoms. The first kappa shape index (κ1) is 37.6. The van der Waals surface area contributed by atoms with E-state index in [2.05, 4.69) is 242 Å². The van der Waals surface area contributed by atoms with Crippen molar-refractivity contribution in [2.45, 2.75) is 19.3 Å². The van der Waals surface area contributed by atoms with Crippen LogP contribution in [0.2, 0.25) is 0 Å². The van der Waals surface area contributed by atoms with Gasteiger partial charge >= 0.3 is 0 Å². The molecule has 2 heterocycles. The van der Waals surface area contributed by atoms with E-state index in [0.29, 0.717) is 0 Å². The van der Waals surface area contributed by atoms with Crippen LogP contribution < -0.4 is 9.80 Å². The smallest absolute Gasteiger partial charge is 0.143 e. The maximum atomic E-state index is 6.96. The number of hydrogen-bond donors (Lipinski definition) is 0. The molecule has 10 aromatic carbocycles. The zero-order valence-corrected chi connectivity index (χ0v) is 36.8. The minimum Gasteiger partial charge on any atom is -0.455 e. The molecular formula is C61H42N2OS. The molecule has 0 unspecified atom stereocenters. The van der Waals surface area contributed by atoms with E-state index in [1.807, 2.05) is 11.3 Å². The van der Waals surface area contributed by atoms with E-state index in [4.69, 9.17) is 4.42 Å². The summed E-state index contributed by atoms with van der Waals surface area (Å²) in [6.07, 6.45) is 0. The van der Waals surface area contributed by atoms with Crippen molar-refractivity contribution < 1.29 is 4.42 Å². The van der Waals surface area contributed by atoms with Crippen LogP contribution in [0, 0.1) is 0 Å². The summed E-state index contributed by atoms with van der Waals surface area (Å²) in [5, 5.41) is 7.02. The second-order valence-electron chi connectivity index (χ2n) is 17.7. The van der Waals surface area contributed by atoms with Crippen molar-refractivity contribution in [3.8, 4) is 22.3 Å². The van der Waals surface area contributed by atoms with Gasteiger partial charge in [-0.15, -0.1) is 11.3 Å². The maximum Gasteiger partial charge on any atom is 0.143 e. The van der Waals surface area contributed by atoms with E-state index in [1.54, 1.807) is 0 Å². The van der Waals surface area contributed by atoms with E-state index >= 15 is 0 Å². The van der Waals surface area contributed by atoms with Gasteiger partial charge in [-0.2, -0.15) is 0 Å². The third-order valence-electron chi connectivity index (χ3n) is 13.6. The van der Waals surface area contributed by atoms with Crippen molar-refractivity contribution in [3.63, 3.8) is 0 Å². The molecule has 1 aliphatic carbocycles. The summed E-state index contributed by atoms with van der Waals surface area (Å²) in [6, 6.07) is 79.3. The first-order valence-corrected chi connectivity index (χ1v) is 23.1. The Bertz CT molecular complexity index is 3790. The lowest BCUT2D eigenvalue weighted by Crippen LogP contribution is -2.16. The molecule has 0 radical (unpaired) electrons. The predicted molar refractivity (Wildman–Crippen MR) is 276 cm³/mol. The molecule has 0 aliphatic heterocycles. The second-order valence-corrected chi connectivity index (χ2v) is 18.8. The van der Waals surface area contributed by atoms with Crippen LogP contribution in [0.5, 0.6) is 0 Å². The molecule has 0 amide bonds. The van der Waals surface area contributed by atoms with Crippen LogP contribution in [0.3, 0.4) is 0 Å². The van der Waals surface area contributed by atoms with Gasteiger partial charge in [0, 0.05) is 75.9 Å². The van der Waals surface area contributed by atoms with Crippen molar-refractivity contribution in [2.24, 2.45) is 0 Å². The molecule has 0 spiro atoms. The first-order valence-electron chi connectivity index (χ1n) is 22.3. The Hall–Kier alpha value is -7.92. The monoisotopic (exact) mass is 850 g/mol. The lowest BCUT2D eigenvalue weighted by atomic mass is 9.82. The average molecular weight is 851 g/mol. The summed E-state index contributed by atoms with van der Waals surface area (Å²) >= 11 is 1.84. The number of fused-ring (bicyclic) bond motifs is 12. The molecule has 308 valence electrons. The Kier molecular flexibility index (Phi) is 8.43. The Labute approximate surface area is 381 Å². The minimum absolute atomic E-state index is 0.106. The molecule has 0 saturated carbocycles. The zero-order valence-electron chi connectivity index (χ0n) is 36.0. The Morgan fingerprint density at radius 2 is 0.938 bits per heavy atom. The lowest BCUT2D eigenvalue weighted by molar-refractivity contribution is 0.660. The van der Waals surface area contributed by atoms with E-state index in [9.17, 15) is 0 Å². The van der Waals surface area contributed by atoms with E-state index < -0.39 is 0 Å². The van der Waals surface area contributed by atoms with E-state index in [0.717, 1.165) is 61.4 Å². The summed E-state index contributed by atoms with van der Waals surface area (Å²) in [5.74, 6) is 0. The predicted octanol–water partition coefficient (Wildman–Crippen LogP) is 18.0. The highest BCUT2D eigenvalue weighted by molar-refractivity contribution is 7.26. The molecule has 3 nitrogen and oxygen atoms in total. The van der Waals surface area contributed by atoms with Gasteiger partial charge in [0.1, 0.15) is 11.2 Å². The van der Waals surface area contributed by atoms with E-state index in [1.165, 1.54) is 58.9 Å². The Morgan fingerprint density at radius 3 is 1.71 bits per heavy atom. The van der Waals surface area contributed by atoms with Crippen molar-refractivity contribution in [1.82, 2.24) is 0 Å². The third-order valence-corrected chi connectivity index (χ3v) is 14.7. The van der Waals surface area contributed by atoms with Crippen LogP contribution in [0.15, 0.2) is 223 Å². The SMILES string of the molecule is CC1(C)c2ccccc2-c2ccc(N(c3ccccc3)c3ccc4oc5c(ccc6ccc7sc8cc(N(c9ccccc9)c9ccc(-c%10ccccc%10)cc9)ccc8c7c65)c4c3)cc21. The van der Waals surface area contributed by atoms with E-state index in [-0.39, 0.29) is 5.41 Å². The van der Waals surface area contributed by atoms with Gasteiger partial charge in [-0.05, 0) is 130 Å². The molecular weight excluding hydrogens is 809 g/mol. The van der Waals surface area contributed by atoms with Crippen molar-refractivity contribution >= 4 is 98.3 Å². The van der Waals surface area contributed by atoms with Crippen molar-refractivity contribution in [2.75, 3.05) is 9.80 Å².